The molecule has 40 heavy (non-hydrogen) atoms. The molecule has 1 saturated heterocycles. The number of ether oxygens (including phenoxy) is 2. The molecule has 8 heteroatoms. The average molecular weight is 553 g/mol. The van der Waals surface area contributed by atoms with Gasteiger partial charge in [-0.1, -0.05) is 60.7 Å². The molecule has 3 amide bonds. The van der Waals surface area contributed by atoms with Crippen LogP contribution in [0.25, 0.3) is 16.8 Å². The van der Waals surface area contributed by atoms with E-state index in [1.165, 1.54) is 5.39 Å². The molecule has 0 aromatic heterocycles. The number of rotatable bonds is 9. The zero-order chi connectivity index (χ0) is 28.1. The molecule has 0 aliphatic carbocycles. The van der Waals surface area contributed by atoms with Gasteiger partial charge in [0.25, 0.3) is 11.1 Å². The molecule has 4 aromatic rings. The Morgan fingerprint density at radius 1 is 0.900 bits per heavy atom. The number of amides is 3. The molecule has 5 rings (SSSR count). The van der Waals surface area contributed by atoms with Crippen molar-refractivity contribution in [3.63, 3.8) is 0 Å². The number of anilines is 1. The van der Waals surface area contributed by atoms with Crippen LogP contribution in [0.1, 0.15) is 23.6 Å². The van der Waals surface area contributed by atoms with Crippen molar-refractivity contribution in [2.75, 3.05) is 18.5 Å². The van der Waals surface area contributed by atoms with Gasteiger partial charge in [-0.3, -0.25) is 19.3 Å². The molecule has 0 bridgehead atoms. The summed E-state index contributed by atoms with van der Waals surface area (Å²) in [5, 5.41) is 4.58. The first-order valence-electron chi connectivity index (χ1n) is 12.9. The Hall–Kier alpha value is -4.56. The summed E-state index contributed by atoms with van der Waals surface area (Å²) in [7, 11) is 0. The summed E-state index contributed by atoms with van der Waals surface area (Å²) < 4.78 is 11.9. The van der Waals surface area contributed by atoms with E-state index in [0.717, 1.165) is 33.2 Å². The quantitative estimate of drug-likeness (QED) is 0.230. The lowest BCUT2D eigenvalue weighted by Gasteiger charge is -2.14. The maximum atomic E-state index is 13.0. The van der Waals surface area contributed by atoms with E-state index in [-0.39, 0.29) is 11.4 Å². The summed E-state index contributed by atoms with van der Waals surface area (Å²) in [5.41, 5.74) is 3.24. The SMILES string of the molecule is CCOc1cc(/C=C2/SC(=O)N(CC(=O)Nc3ccccc3C)C2=O)ccc1OCc1ccc2ccccc2c1. The number of carbonyl (C=O) groups excluding carboxylic acids is 3. The van der Waals surface area contributed by atoms with Crippen LogP contribution in [0, 0.1) is 6.92 Å². The smallest absolute Gasteiger partial charge is 0.294 e. The minimum atomic E-state index is -0.510. The van der Waals surface area contributed by atoms with E-state index >= 15 is 0 Å². The number of nitrogens with zero attached hydrogens (tertiary/aromatic N) is 1. The molecule has 1 aliphatic rings. The molecule has 7 nitrogen and oxygen atoms in total. The van der Waals surface area contributed by atoms with Gasteiger partial charge in [0.05, 0.1) is 11.5 Å². The average Bonchev–Trinajstić information content (AvgIpc) is 3.21. The fourth-order valence-corrected chi connectivity index (χ4v) is 5.16. The zero-order valence-electron chi connectivity index (χ0n) is 22.2. The van der Waals surface area contributed by atoms with Crippen molar-refractivity contribution in [1.82, 2.24) is 4.90 Å². The standard InChI is InChI=1S/C32H28N2O5S/c1-3-38-28-17-22(13-15-27(28)39-20-23-12-14-24-9-5-6-10-25(24)16-23)18-29-31(36)34(32(37)40-29)19-30(35)33-26-11-7-4-8-21(26)2/h4-18H,3,19-20H2,1-2H3,(H,33,35)/b29-18+. The molecule has 0 saturated carbocycles. The van der Waals surface area contributed by atoms with Gasteiger partial charge in [-0.25, -0.2) is 0 Å². The summed E-state index contributed by atoms with van der Waals surface area (Å²) in [4.78, 5) is 39.3. The first-order valence-corrected chi connectivity index (χ1v) is 13.7. The van der Waals surface area contributed by atoms with Crippen LogP contribution in [0.5, 0.6) is 11.5 Å². The van der Waals surface area contributed by atoms with Gasteiger partial charge >= 0.3 is 0 Å². The van der Waals surface area contributed by atoms with Gasteiger partial charge in [0.15, 0.2) is 11.5 Å². The molecule has 0 spiro atoms. The molecule has 202 valence electrons. The predicted molar refractivity (Wildman–Crippen MR) is 158 cm³/mol. The Morgan fingerprint density at radius 3 is 2.48 bits per heavy atom. The summed E-state index contributed by atoms with van der Waals surface area (Å²) in [5.74, 6) is 0.163. The summed E-state index contributed by atoms with van der Waals surface area (Å²) in [6.45, 7) is 4.19. The second kappa shape index (κ2) is 12.1. The fourth-order valence-electron chi connectivity index (χ4n) is 4.33. The molecule has 0 radical (unpaired) electrons. The van der Waals surface area contributed by atoms with Crippen molar-refractivity contribution in [2.45, 2.75) is 20.5 Å². The molecule has 0 atom stereocenters. The van der Waals surface area contributed by atoms with Gasteiger partial charge in [0, 0.05) is 5.69 Å². The van der Waals surface area contributed by atoms with Gasteiger partial charge in [-0.05, 0) is 83.4 Å². The Morgan fingerprint density at radius 2 is 1.68 bits per heavy atom. The Kier molecular flexibility index (Phi) is 8.17. The van der Waals surface area contributed by atoms with Crippen molar-refractivity contribution in [1.29, 1.82) is 0 Å². The highest BCUT2D eigenvalue weighted by molar-refractivity contribution is 8.18. The van der Waals surface area contributed by atoms with E-state index in [1.54, 1.807) is 30.3 Å². The highest BCUT2D eigenvalue weighted by atomic mass is 32.2. The lowest BCUT2D eigenvalue weighted by molar-refractivity contribution is -0.127. The maximum absolute atomic E-state index is 13.0. The van der Waals surface area contributed by atoms with E-state index in [1.807, 2.05) is 50.2 Å². The predicted octanol–water partition coefficient (Wildman–Crippen LogP) is 6.80. The Bertz CT molecular complexity index is 1630. The number of para-hydroxylation sites is 1. The maximum Gasteiger partial charge on any atom is 0.294 e. The second-order valence-corrected chi connectivity index (χ2v) is 10.2. The van der Waals surface area contributed by atoms with Crippen LogP contribution in [-0.4, -0.2) is 35.1 Å². The van der Waals surface area contributed by atoms with E-state index < -0.39 is 17.1 Å². The lowest BCUT2D eigenvalue weighted by Crippen LogP contribution is -2.36. The molecule has 1 N–H and O–H groups in total. The second-order valence-electron chi connectivity index (χ2n) is 9.24. The fraction of sp³-hybridized carbons (Fsp3) is 0.156. The normalized spacial score (nSPS) is 14.2. The lowest BCUT2D eigenvalue weighted by atomic mass is 10.1. The first-order chi connectivity index (χ1) is 19.4. The number of imide groups is 1. The summed E-state index contributed by atoms with van der Waals surface area (Å²) >= 11 is 0.806. The molecule has 1 aliphatic heterocycles. The van der Waals surface area contributed by atoms with Crippen molar-refractivity contribution in [3.8, 4) is 11.5 Å². The van der Waals surface area contributed by atoms with Gasteiger partial charge in [0.2, 0.25) is 5.91 Å². The number of carbonyl (C=O) groups is 3. The Balaban J connectivity index is 1.27. The molecule has 1 fully saturated rings. The van der Waals surface area contributed by atoms with Gasteiger partial charge < -0.3 is 14.8 Å². The van der Waals surface area contributed by atoms with Crippen LogP contribution in [0.2, 0.25) is 0 Å². The van der Waals surface area contributed by atoms with Gasteiger partial charge in [-0.2, -0.15) is 0 Å². The van der Waals surface area contributed by atoms with Crippen LogP contribution in [0.15, 0.2) is 89.8 Å². The van der Waals surface area contributed by atoms with E-state index in [4.69, 9.17) is 9.47 Å². The zero-order valence-corrected chi connectivity index (χ0v) is 23.0. The number of benzene rings is 4. The number of fused-ring (bicyclic) bond motifs is 1. The number of thioether (sulfide) groups is 1. The minimum absolute atomic E-state index is 0.237. The van der Waals surface area contributed by atoms with Crippen LogP contribution >= 0.6 is 11.8 Å². The van der Waals surface area contributed by atoms with E-state index in [9.17, 15) is 14.4 Å². The molecule has 4 aromatic carbocycles. The molecule has 1 heterocycles. The van der Waals surface area contributed by atoms with Gasteiger partial charge in [0.1, 0.15) is 13.2 Å². The monoisotopic (exact) mass is 552 g/mol. The largest absolute Gasteiger partial charge is 0.490 e. The Labute approximate surface area is 236 Å². The highest BCUT2D eigenvalue weighted by Gasteiger charge is 2.36. The number of hydrogen-bond donors (Lipinski definition) is 1. The summed E-state index contributed by atoms with van der Waals surface area (Å²) in [6.07, 6.45) is 1.62. The van der Waals surface area contributed by atoms with E-state index in [0.29, 0.717) is 36.0 Å². The molecule has 0 unspecified atom stereocenters. The summed E-state index contributed by atoms with van der Waals surface area (Å²) in [6, 6.07) is 27.0. The van der Waals surface area contributed by atoms with Crippen LogP contribution in [0.3, 0.4) is 0 Å². The number of nitrogens with one attached hydrogen (secondary N) is 1. The topological polar surface area (TPSA) is 84.9 Å². The van der Waals surface area contributed by atoms with Crippen molar-refractivity contribution < 1.29 is 23.9 Å². The van der Waals surface area contributed by atoms with Crippen LogP contribution < -0.4 is 14.8 Å². The molecular formula is C32H28N2O5S. The third-order valence-electron chi connectivity index (χ3n) is 6.37. The van der Waals surface area contributed by atoms with Crippen molar-refractivity contribution in [2.24, 2.45) is 0 Å². The van der Waals surface area contributed by atoms with Gasteiger partial charge in [-0.15, -0.1) is 0 Å². The van der Waals surface area contributed by atoms with E-state index in [2.05, 4.69) is 29.6 Å². The minimum Gasteiger partial charge on any atom is -0.490 e. The van der Waals surface area contributed by atoms with Crippen molar-refractivity contribution >= 4 is 51.4 Å². The third-order valence-corrected chi connectivity index (χ3v) is 7.28. The van der Waals surface area contributed by atoms with Crippen molar-refractivity contribution in [3.05, 3.63) is 107 Å². The highest BCUT2D eigenvalue weighted by Crippen LogP contribution is 2.35. The molecular weight excluding hydrogens is 524 g/mol. The third kappa shape index (κ3) is 6.18. The number of hydrogen-bond acceptors (Lipinski definition) is 6. The van der Waals surface area contributed by atoms with Crippen LogP contribution in [-0.2, 0) is 16.2 Å². The van der Waals surface area contributed by atoms with Crippen LogP contribution in [0.4, 0.5) is 10.5 Å². The number of aryl methyl sites for hydroxylation is 1. The first kappa shape index (κ1) is 27.0.